The summed E-state index contributed by atoms with van der Waals surface area (Å²) in [7, 11) is 0. The van der Waals surface area contributed by atoms with E-state index in [2.05, 4.69) is 47.0 Å². The lowest BCUT2D eigenvalue weighted by atomic mass is 10.0. The quantitative estimate of drug-likeness (QED) is 0.188. The average Bonchev–Trinajstić information content (AvgIpc) is 3.91. The Labute approximate surface area is 297 Å². The number of fused-ring (bicyclic) bond motifs is 9. The molecule has 0 unspecified atom stereocenters. The minimum absolute atomic E-state index is 0.0507. The molecule has 0 bridgehead atoms. The maximum Gasteiger partial charge on any atom is 0.164 e. The van der Waals surface area contributed by atoms with Crippen molar-refractivity contribution in [2.75, 3.05) is 0 Å². The minimum atomic E-state index is -0.497. The predicted octanol–water partition coefficient (Wildman–Crippen LogP) is 11.8. The second-order valence-corrected chi connectivity index (χ2v) is 12.4. The molecule has 11 rings (SSSR count). The molecule has 11 aromatic rings. The minimum Gasteiger partial charge on any atom is -0.456 e. The number of furan rings is 2. The highest BCUT2D eigenvalue weighted by Gasteiger charge is 2.21. The van der Waals surface area contributed by atoms with Crippen LogP contribution in [0.2, 0.25) is 0 Å². The lowest BCUT2D eigenvalue weighted by Crippen LogP contribution is -2.00. The van der Waals surface area contributed by atoms with Crippen LogP contribution < -0.4 is 0 Å². The lowest BCUT2D eigenvalue weighted by molar-refractivity contribution is 0.668. The zero-order valence-corrected chi connectivity index (χ0v) is 26.7. The molecule has 6 heteroatoms. The molecule has 0 radical (unpaired) electrons. The molecule has 0 fully saturated rings. The first-order chi connectivity index (χ1) is 27.4. The Morgan fingerprint density at radius 3 is 1.65 bits per heavy atom. The molecule has 238 valence electrons. The fourth-order valence-electron chi connectivity index (χ4n) is 7.39. The zero-order chi connectivity index (χ0) is 37.8. The number of nitrogens with zero attached hydrogens (tertiary/aromatic N) is 4. The normalized spacial score (nSPS) is 13.3. The van der Waals surface area contributed by atoms with Gasteiger partial charge in [-0.25, -0.2) is 15.0 Å². The molecule has 4 heterocycles. The van der Waals surface area contributed by atoms with E-state index in [1.807, 2.05) is 84.9 Å². The molecular weight excluding hydrogens is 629 g/mol. The van der Waals surface area contributed by atoms with Crippen molar-refractivity contribution in [3.05, 3.63) is 158 Å². The highest BCUT2D eigenvalue weighted by molar-refractivity contribution is 6.14. The Balaban J connectivity index is 1.17. The number of para-hydroxylation sites is 3. The molecule has 0 aliphatic heterocycles. The maximum absolute atomic E-state index is 8.83. The molecule has 7 aromatic carbocycles. The third-order valence-electron chi connectivity index (χ3n) is 9.56. The summed E-state index contributed by atoms with van der Waals surface area (Å²) >= 11 is 0. The number of hydrogen-bond donors (Lipinski definition) is 0. The van der Waals surface area contributed by atoms with E-state index in [4.69, 9.17) is 30.6 Å². The second-order valence-electron chi connectivity index (χ2n) is 12.4. The Hall–Kier alpha value is -7.05. The van der Waals surface area contributed by atoms with Crippen LogP contribution in [-0.2, 0) is 0 Å². The SMILES string of the molecule is [2H]c1c([2H])c([2H])c(-c2nc(-c3cccc4oc5ccccc5c34)nc(-c3cccc4oc5cc(-n6c7ccccc7c7ccccc76)ccc5c34)n2)c([2H])c1[2H]. The first-order valence-electron chi connectivity index (χ1n) is 19.0. The summed E-state index contributed by atoms with van der Waals surface area (Å²) < 4.78 is 57.7. The first-order valence-corrected chi connectivity index (χ1v) is 16.5. The van der Waals surface area contributed by atoms with Crippen molar-refractivity contribution < 1.29 is 15.7 Å². The third-order valence-corrected chi connectivity index (χ3v) is 9.56. The third kappa shape index (κ3) is 4.20. The van der Waals surface area contributed by atoms with Gasteiger partial charge in [-0.2, -0.15) is 0 Å². The van der Waals surface area contributed by atoms with Crippen LogP contribution in [-0.4, -0.2) is 19.5 Å². The summed E-state index contributed by atoms with van der Waals surface area (Å²) in [5.41, 5.74) is 6.89. The maximum atomic E-state index is 8.83. The highest BCUT2D eigenvalue weighted by Crippen LogP contribution is 2.40. The number of rotatable bonds is 4. The van der Waals surface area contributed by atoms with E-state index in [9.17, 15) is 0 Å². The van der Waals surface area contributed by atoms with Gasteiger partial charge in [-0.15, -0.1) is 0 Å². The van der Waals surface area contributed by atoms with Crippen LogP contribution in [0, 0.1) is 0 Å². The molecule has 6 nitrogen and oxygen atoms in total. The van der Waals surface area contributed by atoms with Crippen LogP contribution in [0.4, 0.5) is 0 Å². The van der Waals surface area contributed by atoms with Crippen LogP contribution in [0.25, 0.3) is 106 Å². The Morgan fingerprint density at radius 2 is 0.980 bits per heavy atom. The molecule has 51 heavy (non-hydrogen) atoms. The van der Waals surface area contributed by atoms with Crippen molar-refractivity contribution in [2.45, 2.75) is 0 Å². The van der Waals surface area contributed by atoms with Crippen molar-refractivity contribution in [3.8, 4) is 39.9 Å². The van der Waals surface area contributed by atoms with Gasteiger partial charge in [-0.1, -0.05) is 109 Å². The van der Waals surface area contributed by atoms with E-state index in [0.29, 0.717) is 33.5 Å². The fourth-order valence-corrected chi connectivity index (χ4v) is 7.39. The molecular formula is C45H26N4O2. The number of hydrogen-bond acceptors (Lipinski definition) is 5. The van der Waals surface area contributed by atoms with E-state index >= 15 is 0 Å². The van der Waals surface area contributed by atoms with Crippen molar-refractivity contribution in [1.29, 1.82) is 0 Å². The number of benzene rings is 7. The molecule has 0 spiro atoms. The molecule has 4 aromatic heterocycles. The summed E-state index contributed by atoms with van der Waals surface area (Å²) in [4.78, 5) is 14.8. The first kappa shape index (κ1) is 23.3. The van der Waals surface area contributed by atoms with Gasteiger partial charge in [0.25, 0.3) is 0 Å². The van der Waals surface area contributed by atoms with E-state index in [0.717, 1.165) is 49.0 Å². The van der Waals surface area contributed by atoms with Crippen LogP contribution in [0.5, 0.6) is 0 Å². The van der Waals surface area contributed by atoms with Crippen LogP contribution in [0.3, 0.4) is 0 Å². The molecule has 0 aliphatic carbocycles. The molecule has 0 saturated heterocycles. The lowest BCUT2D eigenvalue weighted by Gasteiger charge is -2.10. The summed E-state index contributed by atoms with van der Waals surface area (Å²) in [6.45, 7) is 0. The second kappa shape index (κ2) is 10.7. The summed E-state index contributed by atoms with van der Waals surface area (Å²) in [6, 6.07) is 39.6. The van der Waals surface area contributed by atoms with E-state index in [-0.39, 0.29) is 23.0 Å². The standard InChI is InChI=1S/C45H26N4O2/c1-2-12-27(13-3-1)43-46-44(33-17-10-22-38-41(33)31-16-6-9-21-37(31)50-38)48-45(47-43)34-18-11-23-39-42(34)32-25-24-28(26-40(32)51-39)49-35-19-7-4-14-29(35)30-15-5-8-20-36(30)49/h1-26H/i1D,2D,3D,12D,13D. The van der Waals surface area contributed by atoms with Crippen LogP contribution in [0.15, 0.2) is 166 Å². The topological polar surface area (TPSA) is 69.9 Å². The van der Waals surface area contributed by atoms with E-state index in [1.165, 1.54) is 0 Å². The van der Waals surface area contributed by atoms with Gasteiger partial charge in [0.1, 0.15) is 22.3 Å². The fraction of sp³-hybridized carbons (Fsp3) is 0. The van der Waals surface area contributed by atoms with Crippen LogP contribution in [0.1, 0.15) is 6.85 Å². The highest BCUT2D eigenvalue weighted by atomic mass is 16.3. The van der Waals surface area contributed by atoms with Crippen molar-refractivity contribution in [3.63, 3.8) is 0 Å². The van der Waals surface area contributed by atoms with Gasteiger partial charge >= 0.3 is 0 Å². The van der Waals surface area contributed by atoms with Gasteiger partial charge in [-0.3, -0.25) is 0 Å². The largest absolute Gasteiger partial charge is 0.456 e. The molecule has 0 N–H and O–H groups in total. The number of aromatic nitrogens is 4. The van der Waals surface area contributed by atoms with Crippen molar-refractivity contribution in [2.24, 2.45) is 0 Å². The van der Waals surface area contributed by atoms with Crippen molar-refractivity contribution in [1.82, 2.24) is 19.5 Å². The van der Waals surface area contributed by atoms with E-state index in [1.54, 1.807) is 0 Å². The Bertz CT molecular complexity index is 3380. The van der Waals surface area contributed by atoms with Crippen LogP contribution >= 0.6 is 0 Å². The van der Waals surface area contributed by atoms with Crippen molar-refractivity contribution >= 4 is 65.7 Å². The van der Waals surface area contributed by atoms with Gasteiger partial charge in [0.15, 0.2) is 17.5 Å². The molecule has 0 aliphatic rings. The van der Waals surface area contributed by atoms with Gasteiger partial charge in [-0.05, 0) is 42.5 Å². The van der Waals surface area contributed by atoms with E-state index < -0.39 is 30.2 Å². The summed E-state index contributed by atoms with van der Waals surface area (Å²) in [5.74, 6) is 0.457. The van der Waals surface area contributed by atoms with Gasteiger partial charge in [0.05, 0.1) is 17.9 Å². The summed E-state index contributed by atoms with van der Waals surface area (Å²) in [5, 5.41) is 5.59. The molecule has 0 amide bonds. The van der Waals surface area contributed by atoms with Gasteiger partial charge < -0.3 is 13.4 Å². The monoisotopic (exact) mass is 659 g/mol. The zero-order valence-electron chi connectivity index (χ0n) is 31.7. The average molecular weight is 660 g/mol. The molecule has 0 saturated carbocycles. The smallest absolute Gasteiger partial charge is 0.164 e. The summed E-state index contributed by atoms with van der Waals surface area (Å²) in [6.07, 6.45) is 0. The molecule has 0 atom stereocenters. The Kier molecular flexibility index (Phi) is 4.91. The van der Waals surface area contributed by atoms with Gasteiger partial charge in [0.2, 0.25) is 0 Å². The Morgan fingerprint density at radius 1 is 0.451 bits per heavy atom. The van der Waals surface area contributed by atoms with Gasteiger partial charge in [0, 0.05) is 60.8 Å². The predicted molar refractivity (Wildman–Crippen MR) is 205 cm³/mol.